The summed E-state index contributed by atoms with van der Waals surface area (Å²) in [5.41, 5.74) is 10.1. The molecular formula is C78H114N10O15S3. The second-order valence-electron chi connectivity index (χ2n) is 31.2. The van der Waals surface area contributed by atoms with E-state index in [1.165, 1.54) is 56.3 Å². The number of cyclic esters (lactones) is 1. The number of nitrogens with one attached hydrogen (secondary N) is 6. The number of aromatic nitrogens is 3. The topological polar surface area (TPSA) is 363 Å². The highest BCUT2D eigenvalue weighted by Crippen LogP contribution is 2.46. The molecule has 2 saturated heterocycles. The second-order valence-corrected chi connectivity index (χ2v) is 34.8. The number of thiazole rings is 1. The average molecular weight is 1530 g/mol. The summed E-state index contributed by atoms with van der Waals surface area (Å²) in [5.74, 6) is -2.37. The van der Waals surface area contributed by atoms with Crippen molar-refractivity contribution in [1.82, 2.24) is 41.7 Å². The van der Waals surface area contributed by atoms with Gasteiger partial charge in [-0.25, -0.2) is 24.5 Å². The van der Waals surface area contributed by atoms with Crippen molar-refractivity contribution in [2.75, 3.05) is 18.5 Å². The molecule has 1 aliphatic carbocycles. The first-order valence-electron chi connectivity index (χ1n) is 37.7. The molecule has 10 N–H and O–H groups in total. The highest BCUT2D eigenvalue weighted by atomic mass is 32.2. The lowest BCUT2D eigenvalue weighted by atomic mass is 9.73. The number of carbonyl (C=O) groups is 8. The van der Waals surface area contributed by atoms with Crippen molar-refractivity contribution in [3.8, 4) is 0 Å². The van der Waals surface area contributed by atoms with Crippen LogP contribution in [0.2, 0.25) is 0 Å². The van der Waals surface area contributed by atoms with Crippen LogP contribution >= 0.6 is 34.9 Å². The minimum Gasteiger partial charge on any atom is -0.458 e. The van der Waals surface area contributed by atoms with Gasteiger partial charge in [-0.15, -0.1) is 11.3 Å². The number of rotatable bonds is 27. The summed E-state index contributed by atoms with van der Waals surface area (Å²) in [6, 6.07) is 9.17. The monoisotopic (exact) mass is 1530 g/mol. The van der Waals surface area contributed by atoms with Gasteiger partial charge in [-0.3, -0.25) is 33.6 Å². The Bertz CT molecular complexity index is 3710. The van der Waals surface area contributed by atoms with Crippen LogP contribution in [0, 0.1) is 23.2 Å². The number of carbonyl (C=O) groups excluding carboxylic acids is 8. The normalized spacial score (nSPS) is 24.6. The van der Waals surface area contributed by atoms with Crippen molar-refractivity contribution in [2.45, 2.75) is 287 Å². The van der Waals surface area contributed by atoms with E-state index in [9.17, 15) is 48.6 Å². The predicted octanol–water partition coefficient (Wildman–Crippen LogP) is 12.0. The number of hydroxylamine groups is 1. The molecule has 6 unspecified atom stereocenters. The van der Waals surface area contributed by atoms with Gasteiger partial charge >= 0.3 is 18.1 Å². The number of urea groups is 1. The van der Waals surface area contributed by atoms with Gasteiger partial charge in [0, 0.05) is 81.8 Å². The first kappa shape index (κ1) is 84.8. The van der Waals surface area contributed by atoms with E-state index in [1.54, 1.807) is 65.1 Å². The molecule has 584 valence electrons. The second kappa shape index (κ2) is 39.0. The number of ketones is 1. The predicted molar refractivity (Wildman–Crippen MR) is 412 cm³/mol. The van der Waals surface area contributed by atoms with Crippen LogP contribution in [0.4, 0.5) is 15.3 Å². The Labute approximate surface area is 636 Å². The zero-order valence-corrected chi connectivity index (χ0v) is 66.3. The fourth-order valence-corrected chi connectivity index (χ4v) is 17.6. The Morgan fingerprint density at radius 3 is 2.20 bits per heavy atom. The minimum atomic E-state index is -1.35. The van der Waals surface area contributed by atoms with E-state index in [0.29, 0.717) is 87.0 Å². The van der Waals surface area contributed by atoms with Gasteiger partial charge in [-0.2, -0.15) is 29.0 Å². The molecule has 3 fully saturated rings. The van der Waals surface area contributed by atoms with Gasteiger partial charge in [-0.05, 0) is 152 Å². The van der Waals surface area contributed by atoms with Crippen molar-refractivity contribution in [1.29, 1.82) is 0 Å². The number of esters is 1. The van der Waals surface area contributed by atoms with Gasteiger partial charge < -0.3 is 61.5 Å². The lowest BCUT2D eigenvalue weighted by molar-refractivity contribution is -0.154. The van der Waals surface area contributed by atoms with Crippen LogP contribution in [0.25, 0.3) is 17.1 Å². The summed E-state index contributed by atoms with van der Waals surface area (Å²) in [4.78, 5) is 128. The molecule has 28 heteroatoms. The Morgan fingerprint density at radius 2 is 1.53 bits per heavy atom. The summed E-state index contributed by atoms with van der Waals surface area (Å²) >= 11 is 5.34. The van der Waals surface area contributed by atoms with Crippen molar-refractivity contribution < 1.29 is 72.4 Å². The van der Waals surface area contributed by atoms with Gasteiger partial charge in [0.15, 0.2) is 0 Å². The number of thioether (sulfide) groups is 2. The fraction of sp³-hybridized carbons (Fsp3) is 0.654. The lowest BCUT2D eigenvalue weighted by Gasteiger charge is -2.34. The van der Waals surface area contributed by atoms with Gasteiger partial charge in [0.1, 0.15) is 42.2 Å². The van der Waals surface area contributed by atoms with Crippen molar-refractivity contribution in [3.05, 3.63) is 86.6 Å². The maximum atomic E-state index is 14.1. The number of primary amides is 1. The molecule has 3 aliphatic heterocycles. The highest BCUT2D eigenvalue weighted by molar-refractivity contribution is 8.03. The smallest absolute Gasteiger partial charge is 0.431 e. The van der Waals surface area contributed by atoms with Crippen LogP contribution < -0.4 is 37.8 Å². The third kappa shape index (κ3) is 25.1. The molecule has 4 aliphatic rings. The molecule has 5 heterocycles. The molecule has 12 atom stereocenters. The van der Waals surface area contributed by atoms with E-state index in [1.807, 2.05) is 96.3 Å². The number of benzene rings is 2. The summed E-state index contributed by atoms with van der Waals surface area (Å²) in [7, 11) is 0. The summed E-state index contributed by atoms with van der Waals surface area (Å²) < 4.78 is 24.0. The molecule has 25 nitrogen and oxygen atoms in total. The molecule has 8 rings (SSSR count). The quantitative estimate of drug-likeness (QED) is 0.0116. The number of fused-ring (bicyclic) bond motifs is 4. The maximum absolute atomic E-state index is 14.1. The zero-order valence-electron chi connectivity index (χ0n) is 63.9. The molecule has 2 aromatic heterocycles. The van der Waals surface area contributed by atoms with E-state index >= 15 is 0 Å². The number of hydrogen-bond donors (Lipinski definition) is 9. The fourth-order valence-electron chi connectivity index (χ4n) is 13.7. The lowest BCUT2D eigenvalue weighted by Crippen LogP contribution is -2.54. The number of aliphatic hydroxyl groups excluding tert-OH is 2. The molecule has 7 amide bonds. The summed E-state index contributed by atoms with van der Waals surface area (Å²) in [5, 5.41) is 38.3. The van der Waals surface area contributed by atoms with Crippen LogP contribution in [0.5, 0.6) is 0 Å². The van der Waals surface area contributed by atoms with Crippen LogP contribution in [0.1, 0.15) is 236 Å². The van der Waals surface area contributed by atoms with Crippen LogP contribution in [0.15, 0.2) is 54.2 Å². The molecule has 0 radical (unpaired) electrons. The number of hydrogen-bond acceptors (Lipinski definition) is 21. The summed E-state index contributed by atoms with van der Waals surface area (Å²) in [6.07, 6.45) is 12.4. The van der Waals surface area contributed by atoms with Crippen molar-refractivity contribution >= 4 is 105 Å². The number of nitrogens with two attached hydrogens (primary N) is 1. The number of epoxide rings is 1. The third-order valence-corrected chi connectivity index (χ3v) is 25.2. The van der Waals surface area contributed by atoms with Gasteiger partial charge in [0.05, 0.1) is 63.8 Å². The van der Waals surface area contributed by atoms with Crippen molar-refractivity contribution in [3.63, 3.8) is 0 Å². The molecule has 0 bridgehead atoms. The van der Waals surface area contributed by atoms with E-state index < -0.39 is 94.8 Å². The van der Waals surface area contributed by atoms with Gasteiger partial charge in [0.25, 0.3) is 5.91 Å². The molecule has 0 spiro atoms. The van der Waals surface area contributed by atoms with Gasteiger partial charge in [-0.1, -0.05) is 99.1 Å². The van der Waals surface area contributed by atoms with E-state index in [2.05, 4.69) is 37.0 Å². The van der Waals surface area contributed by atoms with Crippen LogP contribution in [0.3, 0.4) is 0 Å². The number of Topliss-reactive ketones (excluding diaryl/α,β-unsaturated/α-hetero) is 1. The third-order valence-electron chi connectivity index (χ3n) is 21.3. The number of ether oxygens (including phenoxy) is 4. The standard InChI is InChI=1S/C78H114N10O15S3/c1-13-77(11,100-36-34-75(7,8)87-70(94)51-27-30-54-56(38-51)84-58-45-105-61-24-18-16-14-15-17-23-60(61)104-44-57(58)83-54)33-31-64(90)86-67(46(2)3)72(96)85-55(22-20-35-80-73(79)97)71(95)82-52-28-25-50(26-29-52)42-99-74(98)88-101-43-65-81-41-53(106-65)37-48(5)59-39-63-78(12,103-63)32-19-21-47(4)68(92)49(6)69(93)76(9,10)62(89)40-66(91)102-59/h25-30,37-38,41,46-47,49,55,59-63,67-68,89,92H,13-24,31-36,39-40,42-45H2,1-12H3,(H,82,95)(H,85,96)(H,86,90)(H,87,94)(H,88,98)(H3,79,80,97)/b48-37+/t47-,49+,55-,59?,60?,61?,62-,63?,67-,68?,77?,78+/m0/s1. The average Bonchev–Trinajstić information content (AvgIpc) is 1.57. The van der Waals surface area contributed by atoms with Gasteiger partial charge in [0.2, 0.25) is 17.7 Å². The Kier molecular flexibility index (Phi) is 31.2. The zero-order chi connectivity index (χ0) is 77.1. The SMILES string of the molecule is CCC(C)(CCC(=O)N[C@H](C(=O)N[C@@H](CCCNC(N)=O)C(=O)Nc1ccc(COC(=O)NOCc2ncc(/C=C(\C)C3CC4O[C@]4(C)CCC[C@H](C)C(O)[C@@H](C)C(=O)C(C)(C)[C@@H](O)CC(=O)O3)s2)cc1)C(C)C)OCCC(C)(C)NC(=O)c1ccc2nc3c(nc2c1)CSC1CCCCCCCC1SC3. The number of aliphatic hydroxyl groups is 2. The highest BCUT2D eigenvalue weighted by Gasteiger charge is 2.53. The first-order valence-corrected chi connectivity index (χ1v) is 40.6. The molecule has 2 aromatic carbocycles. The molecule has 4 aromatic rings. The van der Waals surface area contributed by atoms with Crippen LogP contribution in [-0.4, -0.2) is 150 Å². The van der Waals surface area contributed by atoms with E-state index in [4.69, 9.17) is 39.5 Å². The number of amides is 7. The maximum Gasteiger partial charge on any atom is 0.431 e. The largest absolute Gasteiger partial charge is 0.458 e. The Morgan fingerprint density at radius 1 is 0.849 bits per heavy atom. The Balaban J connectivity index is 0.768. The van der Waals surface area contributed by atoms with E-state index in [0.717, 1.165) is 41.3 Å². The molecule has 1 saturated carbocycles. The van der Waals surface area contributed by atoms with Crippen LogP contribution in [-0.2, 0) is 72.5 Å². The van der Waals surface area contributed by atoms with E-state index in [-0.39, 0.29) is 74.6 Å². The summed E-state index contributed by atoms with van der Waals surface area (Å²) in [6.45, 7) is 22.2. The first-order chi connectivity index (χ1) is 50.2. The Hall–Kier alpha value is -6.79. The van der Waals surface area contributed by atoms with Crippen molar-refractivity contribution in [2.24, 2.45) is 28.9 Å². The molecule has 106 heavy (non-hydrogen) atoms. The number of nitrogens with zero attached hydrogens (tertiary/aromatic N) is 3. The molecular weight excluding hydrogens is 1410 g/mol. The number of anilines is 1. The minimum absolute atomic E-state index is 0.0432.